The van der Waals surface area contributed by atoms with Crippen LogP contribution in [0.3, 0.4) is 0 Å². The maximum Gasteiger partial charge on any atom is 0.457 e. The van der Waals surface area contributed by atoms with E-state index in [2.05, 4.69) is 16.9 Å². The van der Waals surface area contributed by atoms with Crippen molar-refractivity contribution in [3.8, 4) is 0 Å². The zero-order chi connectivity index (χ0) is 14.9. The van der Waals surface area contributed by atoms with Gasteiger partial charge in [0.2, 0.25) is 0 Å². The minimum absolute atomic E-state index is 0.0671. The summed E-state index contributed by atoms with van der Waals surface area (Å²) in [5.41, 5.74) is 0. The highest BCUT2D eigenvalue weighted by molar-refractivity contribution is 5.06. The monoisotopic (exact) mass is 292 g/mol. The molecule has 2 rings (SSSR count). The van der Waals surface area contributed by atoms with E-state index >= 15 is 0 Å². The van der Waals surface area contributed by atoms with Crippen molar-refractivity contribution in [1.29, 1.82) is 0 Å². The van der Waals surface area contributed by atoms with Gasteiger partial charge in [0.05, 0.1) is 0 Å². The summed E-state index contributed by atoms with van der Waals surface area (Å²) in [6.45, 7) is 0. The van der Waals surface area contributed by atoms with Gasteiger partial charge in [-0.1, -0.05) is 12.2 Å². The molecule has 0 radical (unpaired) electrons. The normalized spacial score (nSPS) is 28.8. The predicted molar refractivity (Wildman–Crippen MR) is 54.0 cm³/mol. The Bertz CT molecular complexity index is 307. The standard InChI is InChI=1S/C7H10.C4H4F6O2/c1-2-7-4-3-6(1)5-7;1-12-2(5,3(6,7)8)4(9,10)11/h1-2,6-7H,3-5H2;11H,1H3. The molecule has 0 amide bonds. The molecule has 1 N–H and O–H groups in total. The van der Waals surface area contributed by atoms with E-state index in [1.54, 1.807) is 0 Å². The Labute approximate surface area is 106 Å². The van der Waals surface area contributed by atoms with Gasteiger partial charge in [0.15, 0.2) is 0 Å². The number of halogens is 6. The van der Waals surface area contributed by atoms with Crippen LogP contribution in [0.25, 0.3) is 0 Å². The summed E-state index contributed by atoms with van der Waals surface area (Å²) >= 11 is 0. The predicted octanol–water partition coefficient (Wildman–Crippen LogP) is 3.42. The topological polar surface area (TPSA) is 29.5 Å². The molecule has 0 aromatic heterocycles. The molecule has 19 heavy (non-hydrogen) atoms. The van der Waals surface area contributed by atoms with E-state index in [1.165, 1.54) is 19.3 Å². The van der Waals surface area contributed by atoms with Crippen LogP contribution in [-0.4, -0.2) is 30.4 Å². The average Bonchev–Trinajstić information content (AvgIpc) is 2.89. The molecule has 0 aliphatic heterocycles. The molecule has 0 aromatic rings. The quantitative estimate of drug-likeness (QED) is 0.624. The van der Waals surface area contributed by atoms with Crippen LogP contribution in [-0.2, 0) is 4.74 Å². The van der Waals surface area contributed by atoms with Gasteiger partial charge in [-0.15, -0.1) is 0 Å². The van der Waals surface area contributed by atoms with Crippen LogP contribution in [0.1, 0.15) is 19.3 Å². The second kappa shape index (κ2) is 5.32. The van der Waals surface area contributed by atoms with Crippen LogP contribution in [0, 0.1) is 11.8 Å². The van der Waals surface area contributed by atoms with E-state index < -0.39 is 18.1 Å². The van der Waals surface area contributed by atoms with Crippen molar-refractivity contribution in [3.63, 3.8) is 0 Å². The van der Waals surface area contributed by atoms with Crippen molar-refractivity contribution >= 4 is 0 Å². The number of hydrogen-bond donors (Lipinski definition) is 1. The number of hydrogen-bond acceptors (Lipinski definition) is 2. The summed E-state index contributed by atoms with van der Waals surface area (Å²) in [4.78, 5) is 0. The van der Waals surface area contributed by atoms with E-state index in [-0.39, 0.29) is 7.11 Å². The molecular formula is C11H14F6O2. The van der Waals surface area contributed by atoms with E-state index in [0.29, 0.717) is 0 Å². The summed E-state index contributed by atoms with van der Waals surface area (Å²) in [5, 5.41) is 7.52. The zero-order valence-corrected chi connectivity index (χ0v) is 10.1. The molecule has 2 aliphatic rings. The van der Waals surface area contributed by atoms with Crippen molar-refractivity contribution in [1.82, 2.24) is 0 Å². The van der Waals surface area contributed by atoms with Gasteiger partial charge in [-0.3, -0.25) is 0 Å². The van der Waals surface area contributed by atoms with Gasteiger partial charge < -0.3 is 9.84 Å². The molecule has 0 saturated heterocycles. The van der Waals surface area contributed by atoms with E-state index in [1.807, 2.05) is 0 Å². The first-order chi connectivity index (χ1) is 8.51. The molecule has 3 atom stereocenters. The molecule has 0 aromatic carbocycles. The SMILES string of the molecule is C1=CC2CCC1C2.COC(F)(C(O)(F)F)C(F)(F)F. The van der Waals surface area contributed by atoms with Gasteiger partial charge >= 0.3 is 18.1 Å². The van der Waals surface area contributed by atoms with Crippen molar-refractivity contribution in [3.05, 3.63) is 12.2 Å². The molecule has 0 spiro atoms. The number of alkyl halides is 6. The third-order valence-corrected chi connectivity index (χ3v) is 3.20. The van der Waals surface area contributed by atoms with Gasteiger partial charge in [0.1, 0.15) is 0 Å². The first kappa shape index (κ1) is 16.3. The molecular weight excluding hydrogens is 278 g/mol. The minimum Gasteiger partial charge on any atom is -0.336 e. The maximum atomic E-state index is 12.2. The summed E-state index contributed by atoms with van der Waals surface area (Å²) in [7, 11) is 0.0671. The zero-order valence-electron chi connectivity index (χ0n) is 10.1. The summed E-state index contributed by atoms with van der Waals surface area (Å²) in [5.74, 6) is -3.38. The summed E-state index contributed by atoms with van der Waals surface area (Å²) < 4.78 is 72.7. The van der Waals surface area contributed by atoms with Crippen LogP contribution < -0.4 is 0 Å². The Morgan fingerprint density at radius 2 is 1.42 bits per heavy atom. The maximum absolute atomic E-state index is 12.2. The third kappa shape index (κ3) is 3.42. The van der Waals surface area contributed by atoms with Crippen molar-refractivity contribution in [2.24, 2.45) is 11.8 Å². The smallest absolute Gasteiger partial charge is 0.336 e. The average molecular weight is 292 g/mol. The minimum atomic E-state index is -6.00. The molecule has 1 fully saturated rings. The van der Waals surface area contributed by atoms with Crippen LogP contribution in [0.5, 0.6) is 0 Å². The van der Waals surface area contributed by atoms with Crippen LogP contribution in [0.15, 0.2) is 12.2 Å². The Hall–Kier alpha value is -0.760. The van der Waals surface area contributed by atoms with Crippen molar-refractivity contribution in [2.75, 3.05) is 7.11 Å². The highest BCUT2D eigenvalue weighted by atomic mass is 19.4. The van der Waals surface area contributed by atoms with Crippen molar-refractivity contribution < 1.29 is 36.2 Å². The summed E-state index contributed by atoms with van der Waals surface area (Å²) in [6, 6.07) is 0. The lowest BCUT2D eigenvalue weighted by molar-refractivity contribution is -0.444. The lowest BCUT2D eigenvalue weighted by Crippen LogP contribution is -2.56. The van der Waals surface area contributed by atoms with Gasteiger partial charge in [0.25, 0.3) is 0 Å². The van der Waals surface area contributed by atoms with Crippen LogP contribution >= 0.6 is 0 Å². The highest BCUT2D eigenvalue weighted by Crippen LogP contribution is 2.44. The largest absolute Gasteiger partial charge is 0.457 e. The number of aliphatic hydroxyl groups is 1. The number of rotatable bonds is 2. The molecule has 1 saturated carbocycles. The Kier molecular flexibility index (Phi) is 4.56. The van der Waals surface area contributed by atoms with Gasteiger partial charge in [-0.2, -0.15) is 26.3 Å². The molecule has 112 valence electrons. The number of methoxy groups -OCH3 is 1. The molecule has 3 unspecified atom stereocenters. The Morgan fingerprint density at radius 1 is 1.00 bits per heavy atom. The molecule has 2 nitrogen and oxygen atoms in total. The van der Waals surface area contributed by atoms with Crippen molar-refractivity contribution in [2.45, 2.75) is 37.4 Å². The lowest BCUT2D eigenvalue weighted by atomic mass is 10.1. The second-order valence-corrected chi connectivity index (χ2v) is 4.56. The fourth-order valence-corrected chi connectivity index (χ4v) is 2.13. The number of ether oxygens (including phenoxy) is 1. The number of allylic oxidation sites excluding steroid dienone is 2. The Balaban J connectivity index is 0.000000213. The first-order valence-electron chi connectivity index (χ1n) is 5.60. The van der Waals surface area contributed by atoms with Crippen LogP contribution in [0.4, 0.5) is 26.3 Å². The molecule has 2 aliphatic carbocycles. The molecule has 8 heteroatoms. The molecule has 2 bridgehead atoms. The highest BCUT2D eigenvalue weighted by Gasteiger charge is 2.72. The number of fused-ring (bicyclic) bond motifs is 2. The van der Waals surface area contributed by atoms with Gasteiger partial charge in [-0.05, 0) is 31.1 Å². The fraction of sp³-hybridized carbons (Fsp3) is 0.818. The second-order valence-electron chi connectivity index (χ2n) is 4.56. The third-order valence-electron chi connectivity index (χ3n) is 3.20. The lowest BCUT2D eigenvalue weighted by Gasteiger charge is -2.29. The molecule has 0 heterocycles. The van der Waals surface area contributed by atoms with E-state index in [4.69, 9.17) is 5.11 Å². The van der Waals surface area contributed by atoms with Gasteiger partial charge in [0, 0.05) is 7.11 Å². The first-order valence-corrected chi connectivity index (χ1v) is 5.60. The van der Waals surface area contributed by atoms with E-state index in [9.17, 15) is 26.3 Å². The van der Waals surface area contributed by atoms with Crippen LogP contribution in [0.2, 0.25) is 0 Å². The van der Waals surface area contributed by atoms with E-state index in [0.717, 1.165) is 11.8 Å². The fourth-order valence-electron chi connectivity index (χ4n) is 2.13. The summed E-state index contributed by atoms with van der Waals surface area (Å²) in [6.07, 6.45) is -2.44. The Morgan fingerprint density at radius 3 is 1.47 bits per heavy atom. The van der Waals surface area contributed by atoms with Gasteiger partial charge in [-0.25, -0.2) is 0 Å².